The number of amides is 2. The zero-order valence-corrected chi connectivity index (χ0v) is 19.8. The van der Waals surface area contributed by atoms with E-state index in [1.165, 1.54) is 16.8 Å². The lowest BCUT2D eigenvalue weighted by Gasteiger charge is -2.36. The summed E-state index contributed by atoms with van der Waals surface area (Å²) in [7, 11) is 1.54. The van der Waals surface area contributed by atoms with E-state index in [9.17, 15) is 14.4 Å². The van der Waals surface area contributed by atoms with Gasteiger partial charge in [-0.2, -0.15) is 0 Å². The number of hydrogen-bond donors (Lipinski definition) is 1. The van der Waals surface area contributed by atoms with Crippen molar-refractivity contribution in [1.29, 1.82) is 0 Å². The van der Waals surface area contributed by atoms with Gasteiger partial charge in [0.1, 0.15) is 11.4 Å². The summed E-state index contributed by atoms with van der Waals surface area (Å²) in [6.45, 7) is 2.56. The van der Waals surface area contributed by atoms with E-state index in [0.29, 0.717) is 30.0 Å². The van der Waals surface area contributed by atoms with Crippen LogP contribution in [0.3, 0.4) is 0 Å². The molecule has 0 spiro atoms. The van der Waals surface area contributed by atoms with Crippen LogP contribution in [0.4, 0.5) is 11.4 Å². The highest BCUT2D eigenvalue weighted by Gasteiger charge is 2.24. The lowest BCUT2D eigenvalue weighted by atomic mass is 10.2. The number of pyridine rings is 1. The maximum Gasteiger partial charge on any atom is 0.281 e. The van der Waals surface area contributed by atoms with Gasteiger partial charge in [-0.1, -0.05) is 18.2 Å². The summed E-state index contributed by atoms with van der Waals surface area (Å²) in [6.07, 6.45) is 2.83. The number of aromatic nitrogens is 2. The van der Waals surface area contributed by atoms with Crippen molar-refractivity contribution in [3.05, 3.63) is 101 Å². The van der Waals surface area contributed by atoms with Crippen molar-refractivity contribution >= 4 is 28.8 Å². The molecule has 1 aliphatic heterocycles. The van der Waals surface area contributed by atoms with Crippen LogP contribution in [0.1, 0.15) is 20.7 Å². The Morgan fingerprint density at radius 1 is 0.917 bits per heavy atom. The number of carbonyl (C=O) groups excluding carboxylic acids is 2. The van der Waals surface area contributed by atoms with Crippen molar-refractivity contribution in [1.82, 2.24) is 14.3 Å². The summed E-state index contributed by atoms with van der Waals surface area (Å²) < 4.78 is 6.39. The molecule has 5 rings (SSSR count). The Hall–Kier alpha value is -4.66. The Morgan fingerprint density at radius 3 is 2.33 bits per heavy atom. The molecule has 0 bridgehead atoms. The first kappa shape index (κ1) is 23.1. The number of benzene rings is 2. The fourth-order valence-corrected chi connectivity index (χ4v) is 4.27. The number of anilines is 2. The van der Waals surface area contributed by atoms with Gasteiger partial charge in [0.05, 0.1) is 18.9 Å². The topological polar surface area (TPSA) is 96.2 Å². The molecule has 9 heteroatoms. The third-order valence-electron chi connectivity index (χ3n) is 6.25. The lowest BCUT2D eigenvalue weighted by Crippen LogP contribution is -2.49. The van der Waals surface area contributed by atoms with Crippen LogP contribution in [0.5, 0.6) is 5.75 Å². The van der Waals surface area contributed by atoms with Crippen LogP contribution >= 0.6 is 0 Å². The molecule has 2 amide bonds. The monoisotopic (exact) mass is 483 g/mol. The predicted molar refractivity (Wildman–Crippen MR) is 137 cm³/mol. The quantitative estimate of drug-likeness (QED) is 0.469. The molecule has 0 atom stereocenters. The van der Waals surface area contributed by atoms with E-state index in [1.807, 2.05) is 18.2 Å². The third-order valence-corrected chi connectivity index (χ3v) is 6.25. The summed E-state index contributed by atoms with van der Waals surface area (Å²) in [6, 6.07) is 19.9. The van der Waals surface area contributed by atoms with E-state index in [1.54, 1.807) is 48.4 Å². The van der Waals surface area contributed by atoms with E-state index in [0.717, 1.165) is 18.8 Å². The molecule has 2 aromatic carbocycles. The Morgan fingerprint density at radius 2 is 1.64 bits per heavy atom. The lowest BCUT2D eigenvalue weighted by molar-refractivity contribution is 0.0748. The number of hydrogen-bond acceptors (Lipinski definition) is 6. The zero-order chi connectivity index (χ0) is 25.1. The molecule has 3 heterocycles. The number of ether oxygens (including phenoxy) is 1. The molecule has 182 valence electrons. The fourth-order valence-electron chi connectivity index (χ4n) is 4.27. The molecule has 36 heavy (non-hydrogen) atoms. The maximum atomic E-state index is 13.3. The SMILES string of the molecule is COc1ccc(C(=O)Nc2cnc3c(C(=O)N4CCN(c5ccccc5)CC4)cccn3c2=O)cc1. The normalized spacial score (nSPS) is 13.5. The van der Waals surface area contributed by atoms with Crippen LogP contribution in [0.2, 0.25) is 0 Å². The second-order valence-corrected chi connectivity index (χ2v) is 8.39. The average Bonchev–Trinajstić information content (AvgIpc) is 2.94. The number of fused-ring (bicyclic) bond motifs is 1. The molecule has 0 unspecified atom stereocenters. The fraction of sp³-hybridized carbons (Fsp3) is 0.185. The van der Waals surface area contributed by atoms with Gasteiger partial charge in [0.15, 0.2) is 5.65 Å². The van der Waals surface area contributed by atoms with E-state index >= 15 is 0 Å². The molecule has 1 saturated heterocycles. The minimum absolute atomic E-state index is 0.0226. The van der Waals surface area contributed by atoms with Gasteiger partial charge in [-0.3, -0.25) is 18.8 Å². The predicted octanol–water partition coefficient (Wildman–Crippen LogP) is 2.92. The largest absolute Gasteiger partial charge is 0.497 e. The first-order chi connectivity index (χ1) is 17.5. The highest BCUT2D eigenvalue weighted by atomic mass is 16.5. The van der Waals surface area contributed by atoms with Gasteiger partial charge in [-0.15, -0.1) is 0 Å². The maximum absolute atomic E-state index is 13.3. The molecule has 4 aromatic rings. The van der Waals surface area contributed by atoms with Crippen molar-refractivity contribution in [3.8, 4) is 5.75 Å². The smallest absolute Gasteiger partial charge is 0.281 e. The molecule has 2 aromatic heterocycles. The van der Waals surface area contributed by atoms with Crippen LogP contribution in [0.15, 0.2) is 83.9 Å². The molecule has 0 radical (unpaired) electrons. The van der Waals surface area contributed by atoms with Gasteiger partial charge >= 0.3 is 0 Å². The molecule has 9 nitrogen and oxygen atoms in total. The highest BCUT2D eigenvalue weighted by molar-refractivity contribution is 6.04. The van der Waals surface area contributed by atoms with Gasteiger partial charge in [0.2, 0.25) is 0 Å². The summed E-state index contributed by atoms with van der Waals surface area (Å²) in [4.78, 5) is 47.5. The number of piperazine rings is 1. The van der Waals surface area contributed by atoms with Crippen LogP contribution < -0.4 is 20.5 Å². The standard InChI is InChI=1S/C27H25N5O4/c1-36-21-11-9-19(10-12-21)25(33)29-23-18-28-24-22(8-5-13-32(24)27(23)35)26(34)31-16-14-30(15-17-31)20-6-3-2-4-7-20/h2-13,18H,14-17H2,1H3,(H,29,33). The zero-order valence-electron chi connectivity index (χ0n) is 19.8. The Kier molecular flexibility index (Phi) is 6.36. The minimum atomic E-state index is -0.467. The van der Waals surface area contributed by atoms with Crippen LogP contribution in [0, 0.1) is 0 Å². The second-order valence-electron chi connectivity index (χ2n) is 8.39. The van der Waals surface area contributed by atoms with Gasteiger partial charge in [-0.05, 0) is 48.5 Å². The molecular formula is C27H25N5O4. The van der Waals surface area contributed by atoms with E-state index in [-0.39, 0.29) is 17.2 Å². The summed E-state index contributed by atoms with van der Waals surface area (Å²) in [5.41, 5.74) is 1.65. The Labute approximate surface area is 207 Å². The number of nitrogens with zero attached hydrogens (tertiary/aromatic N) is 4. The highest BCUT2D eigenvalue weighted by Crippen LogP contribution is 2.18. The van der Waals surface area contributed by atoms with E-state index in [4.69, 9.17) is 4.74 Å². The number of methoxy groups -OCH3 is 1. The molecule has 1 N–H and O–H groups in total. The molecule has 1 aliphatic rings. The number of para-hydroxylation sites is 1. The van der Waals surface area contributed by atoms with Crippen molar-refractivity contribution in [2.75, 3.05) is 43.5 Å². The van der Waals surface area contributed by atoms with Crippen LogP contribution in [-0.4, -0.2) is 59.4 Å². The first-order valence-electron chi connectivity index (χ1n) is 11.6. The van der Waals surface area contributed by atoms with Gasteiger partial charge in [0.25, 0.3) is 17.4 Å². The number of rotatable bonds is 5. The summed E-state index contributed by atoms with van der Waals surface area (Å²) >= 11 is 0. The van der Waals surface area contributed by atoms with Crippen molar-refractivity contribution in [2.45, 2.75) is 0 Å². The molecule has 0 aliphatic carbocycles. The third kappa shape index (κ3) is 4.50. The van der Waals surface area contributed by atoms with E-state index in [2.05, 4.69) is 27.3 Å². The molecule has 0 saturated carbocycles. The van der Waals surface area contributed by atoms with Crippen LogP contribution in [0.25, 0.3) is 5.65 Å². The van der Waals surface area contributed by atoms with Crippen molar-refractivity contribution in [2.24, 2.45) is 0 Å². The Bertz CT molecular complexity index is 1460. The molecule has 1 fully saturated rings. The Balaban J connectivity index is 1.34. The van der Waals surface area contributed by atoms with Gasteiger partial charge < -0.3 is 19.9 Å². The van der Waals surface area contributed by atoms with Gasteiger partial charge in [-0.25, -0.2) is 4.98 Å². The second kappa shape index (κ2) is 9.91. The van der Waals surface area contributed by atoms with Crippen molar-refractivity contribution < 1.29 is 14.3 Å². The van der Waals surface area contributed by atoms with Gasteiger partial charge in [0, 0.05) is 43.6 Å². The first-order valence-corrected chi connectivity index (χ1v) is 11.6. The average molecular weight is 484 g/mol. The number of nitrogens with one attached hydrogen (secondary N) is 1. The number of carbonyl (C=O) groups is 2. The summed E-state index contributed by atoms with van der Waals surface area (Å²) in [5, 5.41) is 2.61. The minimum Gasteiger partial charge on any atom is -0.497 e. The summed E-state index contributed by atoms with van der Waals surface area (Å²) in [5.74, 6) is 0.000387. The van der Waals surface area contributed by atoms with Crippen LogP contribution in [-0.2, 0) is 0 Å². The van der Waals surface area contributed by atoms with E-state index < -0.39 is 11.5 Å². The van der Waals surface area contributed by atoms with Crippen molar-refractivity contribution in [3.63, 3.8) is 0 Å². The molecular weight excluding hydrogens is 458 g/mol.